The van der Waals surface area contributed by atoms with Crippen LogP contribution in [0.3, 0.4) is 0 Å². The molecule has 0 spiro atoms. The molecule has 0 fully saturated rings. The van der Waals surface area contributed by atoms with Crippen LogP contribution in [0.4, 0.5) is 5.69 Å². The summed E-state index contributed by atoms with van der Waals surface area (Å²) in [6, 6.07) is 8.38. The largest absolute Gasteiger partial charge is 0.360 e. The third-order valence-corrected chi connectivity index (χ3v) is 5.12. The average molecular weight is 312 g/mol. The second kappa shape index (κ2) is 7.67. The molecule has 1 aromatic rings. The average Bonchev–Trinajstić information content (AvgIpc) is 2.61. The Labute approximate surface area is 139 Å². The Balaban J connectivity index is 1.54. The maximum absolute atomic E-state index is 12.5. The molecule has 1 amide bonds. The van der Waals surface area contributed by atoms with Crippen molar-refractivity contribution in [3.05, 3.63) is 41.5 Å². The Morgan fingerprint density at radius 3 is 2.91 bits per heavy atom. The van der Waals surface area contributed by atoms with E-state index in [1.807, 2.05) is 6.92 Å². The first-order valence-electron chi connectivity index (χ1n) is 9.06. The Morgan fingerprint density at radius 1 is 1.22 bits per heavy atom. The summed E-state index contributed by atoms with van der Waals surface area (Å²) in [5.41, 5.74) is 4.12. The van der Waals surface area contributed by atoms with E-state index < -0.39 is 0 Å². The van der Waals surface area contributed by atoms with Crippen molar-refractivity contribution in [2.24, 2.45) is 0 Å². The highest BCUT2D eigenvalue weighted by atomic mass is 16.2. The number of fused-ring (bicyclic) bond motifs is 1. The van der Waals surface area contributed by atoms with Crippen LogP contribution in [0.2, 0.25) is 0 Å². The first kappa shape index (κ1) is 16.1. The number of aryl methyl sites for hydroxylation is 1. The highest BCUT2D eigenvalue weighted by Crippen LogP contribution is 2.28. The monoisotopic (exact) mass is 312 g/mol. The smallest absolute Gasteiger partial charge is 0.242 e. The van der Waals surface area contributed by atoms with Gasteiger partial charge in [0.25, 0.3) is 0 Å². The Morgan fingerprint density at radius 2 is 2.09 bits per heavy atom. The number of allylic oxidation sites excluding steroid dienone is 1. The van der Waals surface area contributed by atoms with Crippen molar-refractivity contribution in [3.63, 3.8) is 0 Å². The number of hydrogen-bond donors (Lipinski definition) is 1. The molecule has 1 aliphatic carbocycles. The first-order chi connectivity index (χ1) is 11.3. The minimum Gasteiger partial charge on any atom is -0.360 e. The summed E-state index contributed by atoms with van der Waals surface area (Å²) in [4.78, 5) is 14.8. The van der Waals surface area contributed by atoms with Crippen molar-refractivity contribution in [3.8, 4) is 0 Å². The number of nitrogens with one attached hydrogen (secondary N) is 1. The van der Waals surface area contributed by atoms with Crippen molar-refractivity contribution in [2.45, 2.75) is 57.9 Å². The Hall–Kier alpha value is -1.77. The molecule has 1 N–H and O–H groups in total. The first-order valence-corrected chi connectivity index (χ1v) is 9.06. The second-order valence-corrected chi connectivity index (χ2v) is 6.75. The summed E-state index contributed by atoms with van der Waals surface area (Å²) in [5.74, 6) is 0.151. The zero-order valence-corrected chi connectivity index (χ0v) is 14.2. The van der Waals surface area contributed by atoms with E-state index in [0.29, 0.717) is 0 Å². The zero-order valence-electron chi connectivity index (χ0n) is 14.2. The maximum atomic E-state index is 12.5. The summed E-state index contributed by atoms with van der Waals surface area (Å²) >= 11 is 0. The van der Waals surface area contributed by atoms with E-state index in [1.165, 1.54) is 42.5 Å². The van der Waals surface area contributed by atoms with Crippen molar-refractivity contribution >= 4 is 11.6 Å². The van der Waals surface area contributed by atoms with Gasteiger partial charge in [-0.25, -0.2) is 0 Å². The predicted octanol–water partition coefficient (Wildman–Crippen LogP) is 3.83. The number of carbonyl (C=O) groups is 1. The number of rotatable bonds is 5. The molecule has 1 aromatic carbocycles. The van der Waals surface area contributed by atoms with Crippen molar-refractivity contribution in [1.82, 2.24) is 5.32 Å². The van der Waals surface area contributed by atoms with Gasteiger partial charge in [0.2, 0.25) is 5.91 Å². The van der Waals surface area contributed by atoms with Crippen molar-refractivity contribution < 1.29 is 4.79 Å². The fraction of sp³-hybridized carbons (Fsp3) is 0.550. The minimum atomic E-state index is -0.100. The molecule has 3 rings (SSSR count). The lowest BCUT2D eigenvalue weighted by molar-refractivity contribution is -0.122. The standard InChI is InChI=1S/C20H28N2O/c1-16(20(23)21-14-13-17-8-3-2-4-9-17)22-15-7-11-18-10-5-6-12-19(18)22/h5-6,8,10,12,16H,2-4,7,9,11,13-15H2,1H3,(H,21,23). The van der Waals surface area contributed by atoms with E-state index in [2.05, 4.69) is 40.6 Å². The SMILES string of the molecule is CC(C(=O)NCCC1=CCCCC1)N1CCCc2ccccc21. The van der Waals surface area contributed by atoms with Gasteiger partial charge in [0.1, 0.15) is 6.04 Å². The predicted molar refractivity (Wildman–Crippen MR) is 95.7 cm³/mol. The van der Waals surface area contributed by atoms with Crippen LogP contribution >= 0.6 is 0 Å². The topological polar surface area (TPSA) is 32.3 Å². The van der Waals surface area contributed by atoms with Gasteiger partial charge < -0.3 is 10.2 Å². The molecule has 0 radical (unpaired) electrons. The number of para-hydroxylation sites is 1. The molecule has 2 aliphatic rings. The molecule has 1 atom stereocenters. The lowest BCUT2D eigenvalue weighted by Gasteiger charge is -2.35. The summed E-state index contributed by atoms with van der Waals surface area (Å²) < 4.78 is 0. The van der Waals surface area contributed by atoms with Gasteiger partial charge >= 0.3 is 0 Å². The number of anilines is 1. The fourth-order valence-electron chi connectivity index (χ4n) is 3.73. The van der Waals surface area contributed by atoms with Gasteiger partial charge in [-0.3, -0.25) is 4.79 Å². The van der Waals surface area contributed by atoms with Gasteiger partial charge in [0, 0.05) is 18.8 Å². The lowest BCUT2D eigenvalue weighted by atomic mass is 9.97. The summed E-state index contributed by atoms with van der Waals surface area (Å²) in [6.45, 7) is 3.76. The molecular weight excluding hydrogens is 284 g/mol. The molecule has 0 saturated carbocycles. The Bertz CT molecular complexity index is 579. The number of amides is 1. The lowest BCUT2D eigenvalue weighted by Crippen LogP contribution is -2.47. The fourth-order valence-corrected chi connectivity index (χ4v) is 3.73. The van der Waals surface area contributed by atoms with Gasteiger partial charge in [-0.15, -0.1) is 0 Å². The van der Waals surface area contributed by atoms with E-state index >= 15 is 0 Å². The van der Waals surface area contributed by atoms with Gasteiger partial charge in [-0.2, -0.15) is 0 Å². The summed E-state index contributed by atoms with van der Waals surface area (Å²) in [5, 5.41) is 3.14. The van der Waals surface area contributed by atoms with Crippen LogP contribution in [-0.2, 0) is 11.2 Å². The number of carbonyl (C=O) groups excluding carboxylic acids is 1. The minimum absolute atomic E-state index is 0.100. The molecular formula is C20H28N2O. The highest BCUT2D eigenvalue weighted by Gasteiger charge is 2.25. The molecule has 0 bridgehead atoms. The van der Waals surface area contributed by atoms with Gasteiger partial charge in [0.05, 0.1) is 0 Å². The number of nitrogens with zero attached hydrogens (tertiary/aromatic N) is 1. The van der Waals surface area contributed by atoms with Crippen molar-refractivity contribution in [2.75, 3.05) is 18.0 Å². The van der Waals surface area contributed by atoms with E-state index in [-0.39, 0.29) is 11.9 Å². The molecule has 1 heterocycles. The molecule has 23 heavy (non-hydrogen) atoms. The van der Waals surface area contributed by atoms with Crippen LogP contribution < -0.4 is 10.2 Å². The maximum Gasteiger partial charge on any atom is 0.242 e. The van der Waals surface area contributed by atoms with Crippen molar-refractivity contribution in [1.29, 1.82) is 0 Å². The van der Waals surface area contributed by atoms with Crippen LogP contribution in [0.15, 0.2) is 35.9 Å². The number of hydrogen-bond acceptors (Lipinski definition) is 2. The second-order valence-electron chi connectivity index (χ2n) is 6.75. The number of benzene rings is 1. The van der Waals surface area contributed by atoms with Gasteiger partial charge in [0.15, 0.2) is 0 Å². The third kappa shape index (κ3) is 3.95. The van der Waals surface area contributed by atoms with Crippen LogP contribution in [0.1, 0.15) is 51.0 Å². The van der Waals surface area contributed by atoms with Crippen LogP contribution in [0, 0.1) is 0 Å². The Kier molecular flexibility index (Phi) is 5.37. The summed E-state index contributed by atoms with van der Waals surface area (Å²) in [6.07, 6.45) is 10.7. The molecule has 0 aromatic heterocycles. The molecule has 124 valence electrons. The molecule has 1 unspecified atom stereocenters. The summed E-state index contributed by atoms with van der Waals surface area (Å²) in [7, 11) is 0. The molecule has 0 saturated heterocycles. The van der Waals surface area contributed by atoms with E-state index in [4.69, 9.17) is 0 Å². The normalized spacial score (nSPS) is 18.8. The third-order valence-electron chi connectivity index (χ3n) is 5.12. The van der Waals surface area contributed by atoms with Gasteiger partial charge in [-0.05, 0) is 63.5 Å². The van der Waals surface area contributed by atoms with E-state index in [9.17, 15) is 4.79 Å². The molecule has 3 heteroatoms. The quantitative estimate of drug-likeness (QED) is 0.838. The highest BCUT2D eigenvalue weighted by molar-refractivity contribution is 5.85. The van der Waals surface area contributed by atoms with Crippen LogP contribution in [0.5, 0.6) is 0 Å². The van der Waals surface area contributed by atoms with E-state index in [1.54, 1.807) is 0 Å². The zero-order chi connectivity index (χ0) is 16.1. The molecule has 3 nitrogen and oxygen atoms in total. The van der Waals surface area contributed by atoms with E-state index in [0.717, 1.165) is 32.4 Å². The van der Waals surface area contributed by atoms with Crippen LogP contribution in [0.25, 0.3) is 0 Å². The van der Waals surface area contributed by atoms with Gasteiger partial charge in [-0.1, -0.05) is 29.8 Å². The molecule has 1 aliphatic heterocycles. The van der Waals surface area contributed by atoms with Crippen LogP contribution in [-0.4, -0.2) is 25.0 Å².